The van der Waals surface area contributed by atoms with E-state index in [9.17, 15) is 9.59 Å². The molecule has 26 heavy (non-hydrogen) atoms. The highest BCUT2D eigenvalue weighted by Gasteiger charge is 2.17. The van der Waals surface area contributed by atoms with Crippen molar-refractivity contribution in [1.29, 1.82) is 0 Å². The molecule has 3 N–H and O–H groups in total. The smallest absolute Gasteiger partial charge is 0.318 e. The lowest BCUT2D eigenvalue weighted by Crippen LogP contribution is -2.35. The molecule has 0 saturated heterocycles. The summed E-state index contributed by atoms with van der Waals surface area (Å²) in [6, 6.07) is 12.7. The predicted octanol–water partition coefficient (Wildman–Crippen LogP) is 2.26. The van der Waals surface area contributed by atoms with Crippen LogP contribution >= 0.6 is 11.8 Å². The zero-order valence-electron chi connectivity index (χ0n) is 13.8. The molecule has 1 aromatic carbocycles. The molecule has 0 saturated carbocycles. The van der Waals surface area contributed by atoms with Gasteiger partial charge in [-0.05, 0) is 17.7 Å². The summed E-state index contributed by atoms with van der Waals surface area (Å²) in [5, 5.41) is 11.1. The van der Waals surface area contributed by atoms with Gasteiger partial charge in [0.15, 0.2) is 10.9 Å². The third-order valence-corrected chi connectivity index (χ3v) is 4.43. The Balaban J connectivity index is 1.76. The molecule has 0 spiro atoms. The molecule has 0 aliphatic heterocycles. The van der Waals surface area contributed by atoms with Gasteiger partial charge in [0, 0.05) is 12.2 Å². The van der Waals surface area contributed by atoms with Crippen LogP contribution in [-0.4, -0.2) is 32.5 Å². The highest BCUT2D eigenvalue weighted by atomic mass is 32.2. The first-order valence-corrected chi connectivity index (χ1v) is 8.85. The van der Waals surface area contributed by atoms with Crippen molar-refractivity contribution < 1.29 is 14.0 Å². The van der Waals surface area contributed by atoms with Gasteiger partial charge in [-0.2, -0.15) is 0 Å². The molecule has 3 rings (SSSR count). The molecule has 8 nitrogen and oxygen atoms in total. The fourth-order valence-corrected chi connectivity index (χ4v) is 3.20. The molecule has 0 unspecified atom stereocenters. The summed E-state index contributed by atoms with van der Waals surface area (Å²) in [5.41, 5.74) is 6.02. The number of carbonyl (C=O) groups is 2. The minimum Gasteiger partial charge on any atom is -0.461 e. The minimum atomic E-state index is -0.854. The molecule has 0 fully saturated rings. The SMILES string of the molecule is NC(=O)NC(=O)CCSc1nnc(-c2ccco2)n1Cc1ccccc1. The van der Waals surface area contributed by atoms with Gasteiger partial charge in [-0.3, -0.25) is 14.7 Å². The van der Waals surface area contributed by atoms with Crippen LogP contribution in [0.4, 0.5) is 4.79 Å². The van der Waals surface area contributed by atoms with Crippen LogP contribution in [0, 0.1) is 0 Å². The Hall–Kier alpha value is -3.07. The summed E-state index contributed by atoms with van der Waals surface area (Å²) in [6.07, 6.45) is 1.72. The van der Waals surface area contributed by atoms with E-state index in [1.807, 2.05) is 46.3 Å². The maximum absolute atomic E-state index is 11.5. The molecule has 2 heterocycles. The number of aromatic nitrogens is 3. The fraction of sp³-hybridized carbons (Fsp3) is 0.176. The fourth-order valence-electron chi connectivity index (χ4n) is 2.33. The molecule has 2 aromatic heterocycles. The van der Waals surface area contributed by atoms with Crippen molar-refractivity contribution in [3.05, 3.63) is 54.3 Å². The third kappa shape index (κ3) is 4.51. The van der Waals surface area contributed by atoms with Crippen LogP contribution in [0.15, 0.2) is 58.3 Å². The number of carbonyl (C=O) groups excluding carboxylic acids is 2. The second-order valence-corrected chi connectivity index (χ2v) is 6.43. The Morgan fingerprint density at radius 2 is 1.96 bits per heavy atom. The molecule has 134 valence electrons. The molecule has 0 bridgehead atoms. The van der Waals surface area contributed by atoms with Gasteiger partial charge in [-0.25, -0.2) is 4.79 Å². The molecule has 3 amide bonds. The molecule has 0 aliphatic rings. The lowest BCUT2D eigenvalue weighted by atomic mass is 10.2. The maximum atomic E-state index is 11.5. The van der Waals surface area contributed by atoms with Crippen molar-refractivity contribution >= 4 is 23.7 Å². The molecule has 9 heteroatoms. The summed E-state index contributed by atoms with van der Waals surface area (Å²) in [4.78, 5) is 22.2. The largest absolute Gasteiger partial charge is 0.461 e. The van der Waals surface area contributed by atoms with E-state index < -0.39 is 11.9 Å². The van der Waals surface area contributed by atoms with E-state index in [1.165, 1.54) is 11.8 Å². The highest BCUT2D eigenvalue weighted by Crippen LogP contribution is 2.25. The quantitative estimate of drug-likeness (QED) is 0.616. The van der Waals surface area contributed by atoms with Crippen LogP contribution in [0.3, 0.4) is 0 Å². The van der Waals surface area contributed by atoms with Crippen molar-refractivity contribution in [2.45, 2.75) is 18.1 Å². The van der Waals surface area contributed by atoms with E-state index >= 15 is 0 Å². The molecule has 0 radical (unpaired) electrons. The van der Waals surface area contributed by atoms with Gasteiger partial charge in [-0.1, -0.05) is 42.1 Å². The Bertz CT molecular complexity index is 877. The highest BCUT2D eigenvalue weighted by molar-refractivity contribution is 7.99. The standard InChI is InChI=1S/C17H17N5O3S/c18-16(24)19-14(23)8-10-26-17-21-20-15(13-7-4-9-25-13)22(17)11-12-5-2-1-3-6-12/h1-7,9H,8,10-11H2,(H3,18,19,23,24). The van der Waals surface area contributed by atoms with E-state index in [-0.39, 0.29) is 6.42 Å². The zero-order valence-corrected chi connectivity index (χ0v) is 14.6. The summed E-state index contributed by atoms with van der Waals surface area (Å²) < 4.78 is 7.38. The number of hydrogen-bond donors (Lipinski definition) is 2. The van der Waals surface area contributed by atoms with Crippen LogP contribution in [-0.2, 0) is 11.3 Å². The minimum absolute atomic E-state index is 0.141. The van der Waals surface area contributed by atoms with Crippen LogP contribution in [0.25, 0.3) is 11.6 Å². The Kier molecular flexibility index (Phi) is 5.69. The van der Waals surface area contributed by atoms with E-state index in [2.05, 4.69) is 10.2 Å². The number of benzene rings is 1. The maximum Gasteiger partial charge on any atom is 0.318 e. The van der Waals surface area contributed by atoms with Crippen LogP contribution in [0.5, 0.6) is 0 Å². The lowest BCUT2D eigenvalue weighted by molar-refractivity contribution is -0.119. The number of nitrogens with one attached hydrogen (secondary N) is 1. The molecule has 3 aromatic rings. The zero-order chi connectivity index (χ0) is 18.4. The molecule has 0 aliphatic carbocycles. The summed E-state index contributed by atoms with van der Waals surface area (Å²) in [5.74, 6) is 1.24. The average Bonchev–Trinajstić information content (AvgIpc) is 3.25. The molecule has 0 atom stereocenters. The Morgan fingerprint density at radius 3 is 2.65 bits per heavy atom. The first-order chi connectivity index (χ1) is 12.6. The predicted molar refractivity (Wildman–Crippen MR) is 96.3 cm³/mol. The van der Waals surface area contributed by atoms with Gasteiger partial charge in [0.05, 0.1) is 12.8 Å². The van der Waals surface area contributed by atoms with Gasteiger partial charge < -0.3 is 10.2 Å². The van der Waals surface area contributed by atoms with Crippen molar-refractivity contribution in [1.82, 2.24) is 20.1 Å². The van der Waals surface area contributed by atoms with E-state index in [0.29, 0.717) is 29.0 Å². The summed E-state index contributed by atoms with van der Waals surface area (Å²) in [7, 11) is 0. The normalized spacial score (nSPS) is 10.6. The second-order valence-electron chi connectivity index (χ2n) is 5.37. The molecular formula is C17H17N5O3S. The Morgan fingerprint density at radius 1 is 1.15 bits per heavy atom. The van der Waals surface area contributed by atoms with Gasteiger partial charge in [-0.15, -0.1) is 10.2 Å². The van der Waals surface area contributed by atoms with Gasteiger partial charge in [0.25, 0.3) is 0 Å². The van der Waals surface area contributed by atoms with E-state index in [1.54, 1.807) is 12.3 Å². The number of urea groups is 1. The summed E-state index contributed by atoms with van der Waals surface area (Å²) >= 11 is 1.37. The number of furan rings is 1. The summed E-state index contributed by atoms with van der Waals surface area (Å²) in [6.45, 7) is 0.569. The lowest BCUT2D eigenvalue weighted by Gasteiger charge is -2.09. The first kappa shape index (κ1) is 17.7. The number of amides is 3. The number of thioether (sulfide) groups is 1. The van der Waals surface area contributed by atoms with Gasteiger partial charge >= 0.3 is 6.03 Å². The van der Waals surface area contributed by atoms with Gasteiger partial charge in [0.2, 0.25) is 11.7 Å². The van der Waals surface area contributed by atoms with Crippen molar-refractivity contribution in [3.63, 3.8) is 0 Å². The number of primary amides is 1. The third-order valence-electron chi connectivity index (χ3n) is 3.46. The van der Waals surface area contributed by atoms with Crippen molar-refractivity contribution in [2.24, 2.45) is 5.73 Å². The number of imide groups is 1. The molecular weight excluding hydrogens is 354 g/mol. The number of nitrogens with two attached hydrogens (primary N) is 1. The number of rotatable bonds is 7. The monoisotopic (exact) mass is 371 g/mol. The topological polar surface area (TPSA) is 116 Å². The van der Waals surface area contributed by atoms with Crippen molar-refractivity contribution in [2.75, 3.05) is 5.75 Å². The van der Waals surface area contributed by atoms with E-state index in [4.69, 9.17) is 10.2 Å². The van der Waals surface area contributed by atoms with Crippen LogP contribution in [0.2, 0.25) is 0 Å². The van der Waals surface area contributed by atoms with Gasteiger partial charge in [0.1, 0.15) is 0 Å². The van der Waals surface area contributed by atoms with Crippen LogP contribution < -0.4 is 11.1 Å². The van der Waals surface area contributed by atoms with Crippen LogP contribution in [0.1, 0.15) is 12.0 Å². The van der Waals surface area contributed by atoms with Crippen molar-refractivity contribution in [3.8, 4) is 11.6 Å². The number of nitrogens with zero attached hydrogens (tertiary/aromatic N) is 3. The Labute approximate surface area is 153 Å². The number of hydrogen-bond acceptors (Lipinski definition) is 6. The first-order valence-electron chi connectivity index (χ1n) is 7.86. The average molecular weight is 371 g/mol. The van der Waals surface area contributed by atoms with E-state index in [0.717, 1.165) is 5.56 Å². The second kappa shape index (κ2) is 8.34.